The van der Waals surface area contributed by atoms with Crippen LogP contribution in [0.4, 0.5) is 5.69 Å². The zero-order chi connectivity index (χ0) is 15.2. The van der Waals surface area contributed by atoms with Gasteiger partial charge in [0.15, 0.2) is 0 Å². The molecule has 0 saturated heterocycles. The fourth-order valence-corrected chi connectivity index (χ4v) is 3.30. The summed E-state index contributed by atoms with van der Waals surface area (Å²) >= 11 is 1.40. The topological polar surface area (TPSA) is 72.2 Å². The minimum Gasteiger partial charge on any atom is -0.352 e. The maximum absolute atomic E-state index is 12.0. The van der Waals surface area contributed by atoms with Gasteiger partial charge >= 0.3 is 0 Å². The lowest BCUT2D eigenvalue weighted by atomic mass is 9.86. The third kappa shape index (κ3) is 4.74. The third-order valence-electron chi connectivity index (χ3n) is 3.88. The Kier molecular flexibility index (Phi) is 5.61. The molecular weight excluding hydrogens is 288 g/mol. The van der Waals surface area contributed by atoms with Crippen LogP contribution in [0.1, 0.15) is 32.6 Å². The molecule has 0 unspecified atom stereocenters. The van der Waals surface area contributed by atoms with Gasteiger partial charge in [-0.05, 0) is 30.9 Å². The average molecular weight is 308 g/mol. The molecule has 0 heterocycles. The summed E-state index contributed by atoms with van der Waals surface area (Å²) in [5.74, 6) is 0.935. The number of hydrogen-bond acceptors (Lipinski definition) is 4. The minimum absolute atomic E-state index is 0.0390. The van der Waals surface area contributed by atoms with Crippen molar-refractivity contribution in [2.45, 2.75) is 43.5 Å². The fraction of sp³-hybridized carbons (Fsp3) is 0.533. The first-order chi connectivity index (χ1) is 10.1. The quantitative estimate of drug-likeness (QED) is 0.514. The third-order valence-corrected chi connectivity index (χ3v) is 4.89. The predicted octanol–water partition coefficient (Wildman–Crippen LogP) is 3.38. The maximum atomic E-state index is 12.0. The number of carbonyl (C=O) groups excluding carboxylic acids is 1. The van der Waals surface area contributed by atoms with Gasteiger partial charge in [-0.2, -0.15) is 0 Å². The molecule has 1 amide bonds. The molecule has 2 atom stereocenters. The van der Waals surface area contributed by atoms with Gasteiger partial charge in [0.2, 0.25) is 5.91 Å². The molecule has 1 aliphatic carbocycles. The number of hydrogen-bond donors (Lipinski definition) is 1. The van der Waals surface area contributed by atoms with Crippen molar-refractivity contribution >= 4 is 23.4 Å². The Hall–Kier alpha value is -1.56. The summed E-state index contributed by atoms with van der Waals surface area (Å²) in [6.45, 7) is 2.19. The van der Waals surface area contributed by atoms with Crippen LogP contribution in [0.2, 0.25) is 0 Å². The van der Waals surface area contributed by atoms with Gasteiger partial charge in [-0.3, -0.25) is 14.9 Å². The number of benzene rings is 1. The van der Waals surface area contributed by atoms with Crippen LogP contribution in [0.3, 0.4) is 0 Å². The van der Waals surface area contributed by atoms with Crippen molar-refractivity contribution in [3.63, 3.8) is 0 Å². The highest BCUT2D eigenvalue weighted by Crippen LogP contribution is 2.24. The van der Waals surface area contributed by atoms with Crippen LogP contribution in [0.25, 0.3) is 0 Å². The number of nitrogens with zero attached hydrogens (tertiary/aromatic N) is 1. The second-order valence-electron chi connectivity index (χ2n) is 5.48. The van der Waals surface area contributed by atoms with E-state index in [9.17, 15) is 14.9 Å². The maximum Gasteiger partial charge on any atom is 0.269 e. The number of amides is 1. The Balaban J connectivity index is 1.79. The van der Waals surface area contributed by atoms with Crippen LogP contribution in [-0.4, -0.2) is 22.6 Å². The van der Waals surface area contributed by atoms with Crippen LogP contribution in [-0.2, 0) is 4.79 Å². The summed E-state index contributed by atoms with van der Waals surface area (Å²) in [5.41, 5.74) is 0.0693. The van der Waals surface area contributed by atoms with E-state index in [1.54, 1.807) is 12.1 Å². The highest BCUT2D eigenvalue weighted by atomic mass is 32.2. The Morgan fingerprint density at radius 1 is 1.33 bits per heavy atom. The number of thioether (sulfide) groups is 1. The highest BCUT2D eigenvalue weighted by molar-refractivity contribution is 8.00. The fourth-order valence-electron chi connectivity index (χ4n) is 2.59. The van der Waals surface area contributed by atoms with Crippen molar-refractivity contribution in [2.75, 3.05) is 5.75 Å². The first-order valence-corrected chi connectivity index (χ1v) is 8.21. The molecule has 5 nitrogen and oxygen atoms in total. The molecule has 114 valence electrons. The van der Waals surface area contributed by atoms with E-state index in [4.69, 9.17) is 0 Å². The lowest BCUT2D eigenvalue weighted by Gasteiger charge is -2.29. The van der Waals surface area contributed by atoms with E-state index in [0.717, 1.165) is 11.3 Å². The van der Waals surface area contributed by atoms with Gasteiger partial charge in [-0.15, -0.1) is 11.8 Å². The molecule has 1 N–H and O–H groups in total. The van der Waals surface area contributed by atoms with Gasteiger partial charge in [0.25, 0.3) is 5.69 Å². The Labute approximate surface area is 128 Å². The summed E-state index contributed by atoms with van der Waals surface area (Å²) < 4.78 is 0. The van der Waals surface area contributed by atoms with Crippen molar-refractivity contribution in [2.24, 2.45) is 5.92 Å². The molecular formula is C15H20N2O3S. The molecule has 2 rings (SSSR count). The number of rotatable bonds is 5. The molecule has 0 bridgehead atoms. The molecule has 0 spiro atoms. The molecule has 6 heteroatoms. The minimum atomic E-state index is -0.425. The largest absolute Gasteiger partial charge is 0.352 e. The van der Waals surface area contributed by atoms with Crippen molar-refractivity contribution in [3.8, 4) is 0 Å². The predicted molar refractivity (Wildman–Crippen MR) is 83.4 cm³/mol. The van der Waals surface area contributed by atoms with Crippen molar-refractivity contribution in [1.29, 1.82) is 0 Å². The van der Waals surface area contributed by atoms with E-state index in [1.165, 1.54) is 43.2 Å². The molecule has 21 heavy (non-hydrogen) atoms. The standard InChI is InChI=1S/C15H20N2O3S/c1-11-4-2-3-5-14(11)16-15(18)10-21-13-8-6-12(7-9-13)17(19)20/h6-9,11,14H,2-5,10H2,1H3,(H,16,18)/t11-,14-/m0/s1. The van der Waals surface area contributed by atoms with E-state index in [-0.39, 0.29) is 11.6 Å². The smallest absolute Gasteiger partial charge is 0.269 e. The lowest BCUT2D eigenvalue weighted by molar-refractivity contribution is -0.384. The summed E-state index contributed by atoms with van der Waals surface area (Å²) in [5, 5.41) is 13.7. The molecule has 1 fully saturated rings. The van der Waals surface area contributed by atoms with Gasteiger partial charge in [0.05, 0.1) is 10.7 Å². The number of non-ortho nitro benzene ring substituents is 1. The number of nitro benzene ring substituents is 1. The van der Waals surface area contributed by atoms with Crippen molar-refractivity contribution < 1.29 is 9.72 Å². The van der Waals surface area contributed by atoms with Crippen LogP contribution in [0.5, 0.6) is 0 Å². The van der Waals surface area contributed by atoms with E-state index < -0.39 is 4.92 Å². The summed E-state index contributed by atoms with van der Waals surface area (Å²) in [7, 11) is 0. The molecule has 0 aromatic heterocycles. The van der Waals surface area contributed by atoms with E-state index >= 15 is 0 Å². The van der Waals surface area contributed by atoms with E-state index in [0.29, 0.717) is 17.7 Å². The van der Waals surface area contributed by atoms with Crippen molar-refractivity contribution in [3.05, 3.63) is 34.4 Å². The summed E-state index contributed by atoms with van der Waals surface area (Å²) in [4.78, 5) is 23.0. The molecule has 1 aliphatic rings. The molecule has 1 aromatic rings. The number of carbonyl (C=O) groups is 1. The normalized spacial score (nSPS) is 21.8. The van der Waals surface area contributed by atoms with E-state index in [1.807, 2.05) is 0 Å². The monoisotopic (exact) mass is 308 g/mol. The zero-order valence-corrected chi connectivity index (χ0v) is 12.9. The SMILES string of the molecule is C[C@H]1CCCC[C@@H]1NC(=O)CSc1ccc([N+](=O)[O-])cc1. The van der Waals surface area contributed by atoms with Gasteiger partial charge in [-0.25, -0.2) is 0 Å². The lowest BCUT2D eigenvalue weighted by Crippen LogP contribution is -2.41. The van der Waals surface area contributed by atoms with Gasteiger partial charge < -0.3 is 5.32 Å². The second-order valence-corrected chi connectivity index (χ2v) is 6.52. The van der Waals surface area contributed by atoms with Crippen LogP contribution in [0.15, 0.2) is 29.2 Å². The van der Waals surface area contributed by atoms with Crippen molar-refractivity contribution in [1.82, 2.24) is 5.32 Å². The van der Waals surface area contributed by atoms with Gasteiger partial charge in [0.1, 0.15) is 0 Å². The first-order valence-electron chi connectivity index (χ1n) is 7.23. The van der Waals surface area contributed by atoms with E-state index in [2.05, 4.69) is 12.2 Å². The molecule has 0 radical (unpaired) electrons. The first kappa shape index (κ1) is 15.8. The summed E-state index contributed by atoms with van der Waals surface area (Å²) in [6, 6.07) is 6.58. The second kappa shape index (κ2) is 7.45. The number of nitro groups is 1. The van der Waals surface area contributed by atoms with Gasteiger partial charge in [-0.1, -0.05) is 19.8 Å². The Bertz CT molecular complexity index is 504. The van der Waals surface area contributed by atoms with Gasteiger partial charge in [0, 0.05) is 23.1 Å². The Morgan fingerprint density at radius 3 is 2.62 bits per heavy atom. The van der Waals surface area contributed by atoms with Crippen LogP contribution < -0.4 is 5.32 Å². The van der Waals surface area contributed by atoms with Crippen LogP contribution >= 0.6 is 11.8 Å². The molecule has 0 aliphatic heterocycles. The highest BCUT2D eigenvalue weighted by Gasteiger charge is 2.22. The zero-order valence-electron chi connectivity index (χ0n) is 12.1. The number of nitrogens with one attached hydrogen (secondary N) is 1. The molecule has 1 aromatic carbocycles. The Morgan fingerprint density at radius 2 is 2.00 bits per heavy atom. The summed E-state index contributed by atoms with van der Waals surface area (Å²) in [6.07, 6.45) is 4.69. The molecule has 1 saturated carbocycles. The van der Waals surface area contributed by atoms with Crippen LogP contribution in [0, 0.1) is 16.0 Å². The average Bonchev–Trinajstić information content (AvgIpc) is 2.48.